The van der Waals surface area contributed by atoms with Gasteiger partial charge >= 0.3 is 0 Å². The first-order valence-corrected chi connectivity index (χ1v) is 8.27. The van der Waals surface area contributed by atoms with Gasteiger partial charge in [0, 0.05) is 11.6 Å². The van der Waals surface area contributed by atoms with E-state index in [9.17, 15) is 13.2 Å². The molecule has 1 aliphatic rings. The van der Waals surface area contributed by atoms with Crippen molar-refractivity contribution in [1.82, 2.24) is 0 Å². The predicted octanol–water partition coefficient (Wildman–Crippen LogP) is 2.85. The van der Waals surface area contributed by atoms with Gasteiger partial charge < -0.3 is 5.32 Å². The molecule has 5 heteroatoms. The average molecular weight is 295 g/mol. The van der Waals surface area contributed by atoms with Crippen molar-refractivity contribution in [2.45, 2.75) is 43.8 Å². The highest BCUT2D eigenvalue weighted by Gasteiger charge is 2.39. The Morgan fingerprint density at radius 2 is 1.70 bits per heavy atom. The molecule has 2 atom stereocenters. The fourth-order valence-corrected chi connectivity index (χ4v) is 3.19. The Morgan fingerprint density at radius 3 is 2.10 bits per heavy atom. The molecule has 0 radical (unpaired) electrons. The van der Waals surface area contributed by atoms with Crippen LogP contribution in [0, 0.1) is 11.8 Å². The fraction of sp³-hybridized carbons (Fsp3) is 0.533. The maximum absolute atomic E-state index is 12.3. The first-order valence-electron chi connectivity index (χ1n) is 6.78. The van der Waals surface area contributed by atoms with Crippen molar-refractivity contribution in [3.63, 3.8) is 0 Å². The lowest BCUT2D eigenvalue weighted by Crippen LogP contribution is -2.27. The summed E-state index contributed by atoms with van der Waals surface area (Å²) in [5.41, 5.74) is 0.641. The van der Waals surface area contributed by atoms with E-state index in [0.29, 0.717) is 11.6 Å². The first-order chi connectivity index (χ1) is 9.13. The fourth-order valence-electron chi connectivity index (χ4n) is 1.99. The summed E-state index contributed by atoms with van der Waals surface area (Å²) in [5.74, 6) is 0.576. The number of sulfone groups is 1. The molecule has 1 aromatic rings. The van der Waals surface area contributed by atoms with Gasteiger partial charge in [-0.15, -0.1) is 0 Å². The number of nitrogens with one attached hydrogen (secondary N) is 1. The molecule has 1 fully saturated rings. The predicted molar refractivity (Wildman–Crippen MR) is 79.3 cm³/mol. The van der Waals surface area contributed by atoms with Crippen molar-refractivity contribution in [3.05, 3.63) is 24.3 Å². The van der Waals surface area contributed by atoms with Crippen LogP contribution in [-0.2, 0) is 14.6 Å². The highest BCUT2D eigenvalue weighted by atomic mass is 32.2. The quantitative estimate of drug-likeness (QED) is 0.932. The van der Waals surface area contributed by atoms with Gasteiger partial charge in [-0.3, -0.25) is 4.79 Å². The second kappa shape index (κ2) is 4.88. The number of amides is 1. The molecule has 0 aromatic heterocycles. The maximum Gasteiger partial charge on any atom is 0.227 e. The topological polar surface area (TPSA) is 63.2 Å². The zero-order chi connectivity index (χ0) is 15.1. The second-order valence-electron chi connectivity index (χ2n) is 6.45. The van der Waals surface area contributed by atoms with Crippen molar-refractivity contribution in [2.75, 3.05) is 5.32 Å². The number of hydrogen-bond donors (Lipinski definition) is 1. The van der Waals surface area contributed by atoms with E-state index in [1.54, 1.807) is 45.0 Å². The smallest absolute Gasteiger partial charge is 0.227 e. The normalized spacial score (nSPS) is 22.4. The molecule has 0 heterocycles. The van der Waals surface area contributed by atoms with E-state index in [1.165, 1.54) is 0 Å². The van der Waals surface area contributed by atoms with Crippen LogP contribution in [0.25, 0.3) is 0 Å². The van der Waals surface area contributed by atoms with Gasteiger partial charge in [-0.25, -0.2) is 8.42 Å². The van der Waals surface area contributed by atoms with Crippen molar-refractivity contribution < 1.29 is 13.2 Å². The maximum atomic E-state index is 12.3. The molecular weight excluding hydrogens is 274 g/mol. The SMILES string of the molecule is C[C@H]1C[C@H]1C(=O)Nc1ccc(S(=O)(=O)C(C)(C)C)cc1. The molecule has 0 spiro atoms. The van der Waals surface area contributed by atoms with Crippen molar-refractivity contribution in [2.24, 2.45) is 11.8 Å². The van der Waals surface area contributed by atoms with Gasteiger partial charge in [0.1, 0.15) is 0 Å². The first kappa shape index (κ1) is 15.0. The number of carbonyl (C=O) groups excluding carboxylic acids is 1. The Kier molecular flexibility index (Phi) is 3.67. The third-order valence-corrected chi connectivity index (χ3v) is 6.19. The van der Waals surface area contributed by atoms with E-state index in [-0.39, 0.29) is 16.7 Å². The molecule has 0 aliphatic heterocycles. The molecule has 0 unspecified atom stereocenters. The molecule has 2 rings (SSSR count). The second-order valence-corrected chi connectivity index (χ2v) is 9.15. The minimum Gasteiger partial charge on any atom is -0.326 e. The van der Waals surface area contributed by atoms with E-state index in [4.69, 9.17) is 0 Å². The lowest BCUT2D eigenvalue weighted by Gasteiger charge is -2.19. The third kappa shape index (κ3) is 2.87. The molecule has 20 heavy (non-hydrogen) atoms. The minimum atomic E-state index is -3.35. The van der Waals surface area contributed by atoms with E-state index in [1.807, 2.05) is 6.92 Å². The molecule has 110 valence electrons. The number of benzene rings is 1. The Bertz CT molecular complexity index is 612. The number of rotatable bonds is 3. The van der Waals surface area contributed by atoms with E-state index in [2.05, 4.69) is 5.32 Å². The van der Waals surface area contributed by atoms with Crippen LogP contribution in [0.5, 0.6) is 0 Å². The number of carbonyl (C=O) groups is 1. The molecule has 0 saturated heterocycles. The molecule has 0 bridgehead atoms. The highest BCUT2D eigenvalue weighted by molar-refractivity contribution is 7.92. The summed E-state index contributed by atoms with van der Waals surface area (Å²) >= 11 is 0. The molecule has 1 aromatic carbocycles. The molecule has 1 saturated carbocycles. The molecule has 1 N–H and O–H groups in total. The van der Waals surface area contributed by atoms with Crippen LogP contribution in [0.1, 0.15) is 34.1 Å². The average Bonchev–Trinajstić information content (AvgIpc) is 3.06. The minimum absolute atomic E-state index is 0.0175. The lowest BCUT2D eigenvalue weighted by molar-refractivity contribution is -0.117. The molecule has 1 amide bonds. The number of anilines is 1. The highest BCUT2D eigenvalue weighted by Crippen LogP contribution is 2.38. The van der Waals surface area contributed by atoms with Crippen LogP contribution >= 0.6 is 0 Å². The van der Waals surface area contributed by atoms with Crippen LogP contribution in [-0.4, -0.2) is 19.1 Å². The Morgan fingerprint density at radius 1 is 1.20 bits per heavy atom. The monoisotopic (exact) mass is 295 g/mol. The van der Waals surface area contributed by atoms with Gasteiger partial charge in [0.15, 0.2) is 9.84 Å². The van der Waals surface area contributed by atoms with Crippen LogP contribution in [0.3, 0.4) is 0 Å². The van der Waals surface area contributed by atoms with Crippen molar-refractivity contribution in [1.29, 1.82) is 0 Å². The zero-order valence-electron chi connectivity index (χ0n) is 12.3. The summed E-state index contributed by atoms with van der Waals surface area (Å²) < 4.78 is 23.7. The van der Waals surface area contributed by atoms with E-state index < -0.39 is 14.6 Å². The van der Waals surface area contributed by atoms with Crippen LogP contribution in [0.4, 0.5) is 5.69 Å². The van der Waals surface area contributed by atoms with Crippen molar-refractivity contribution >= 4 is 21.4 Å². The van der Waals surface area contributed by atoms with Crippen LogP contribution in [0.2, 0.25) is 0 Å². The summed E-state index contributed by atoms with van der Waals surface area (Å²) in [6, 6.07) is 6.38. The number of hydrogen-bond acceptors (Lipinski definition) is 3. The molecular formula is C15H21NO3S. The Labute approximate surface area is 120 Å². The van der Waals surface area contributed by atoms with E-state index in [0.717, 1.165) is 6.42 Å². The van der Waals surface area contributed by atoms with Gasteiger partial charge in [0.05, 0.1) is 9.64 Å². The largest absolute Gasteiger partial charge is 0.326 e. The van der Waals surface area contributed by atoms with Crippen molar-refractivity contribution in [3.8, 4) is 0 Å². The summed E-state index contributed by atoms with van der Waals surface area (Å²) in [7, 11) is -3.35. The van der Waals surface area contributed by atoms with Gasteiger partial charge in [-0.1, -0.05) is 6.92 Å². The zero-order valence-corrected chi connectivity index (χ0v) is 13.1. The lowest BCUT2D eigenvalue weighted by atomic mass is 10.2. The molecule has 4 nitrogen and oxygen atoms in total. The van der Waals surface area contributed by atoms with Gasteiger partial charge in [0.2, 0.25) is 5.91 Å². The van der Waals surface area contributed by atoms with Gasteiger partial charge in [0.25, 0.3) is 0 Å². The molecule has 1 aliphatic carbocycles. The summed E-state index contributed by atoms with van der Waals surface area (Å²) in [5, 5.41) is 2.82. The van der Waals surface area contributed by atoms with Crippen LogP contribution < -0.4 is 5.32 Å². The summed E-state index contributed by atoms with van der Waals surface area (Å²) in [6.07, 6.45) is 0.933. The Hall–Kier alpha value is -1.36. The third-order valence-electron chi connectivity index (χ3n) is 3.68. The Balaban J connectivity index is 2.13. The van der Waals surface area contributed by atoms with Crippen LogP contribution in [0.15, 0.2) is 29.2 Å². The summed E-state index contributed by atoms with van der Waals surface area (Å²) in [6.45, 7) is 7.06. The summed E-state index contributed by atoms with van der Waals surface area (Å²) in [4.78, 5) is 12.1. The standard InChI is InChI=1S/C15H21NO3S/c1-10-9-13(10)14(17)16-11-5-7-12(8-6-11)20(18,19)15(2,3)4/h5-8,10,13H,9H2,1-4H3,(H,16,17)/t10-,13+/m0/s1. The van der Waals surface area contributed by atoms with Gasteiger partial charge in [-0.05, 0) is 57.4 Å². The van der Waals surface area contributed by atoms with E-state index >= 15 is 0 Å². The van der Waals surface area contributed by atoms with Gasteiger partial charge in [-0.2, -0.15) is 0 Å².